The van der Waals surface area contributed by atoms with Crippen molar-refractivity contribution in [3.05, 3.63) is 0 Å². The van der Waals surface area contributed by atoms with Crippen LogP contribution in [-0.4, -0.2) is 63.4 Å². The Bertz CT molecular complexity index is 210. The molecule has 1 N–H and O–H groups in total. The van der Waals surface area contributed by atoms with Gasteiger partial charge in [-0.15, -0.1) is 0 Å². The van der Waals surface area contributed by atoms with Gasteiger partial charge in [-0.1, -0.05) is 20.8 Å². The van der Waals surface area contributed by atoms with Crippen molar-refractivity contribution in [2.75, 3.05) is 40.5 Å². The minimum absolute atomic E-state index is 0.213. The quantitative estimate of drug-likeness (QED) is 0.600. The van der Waals surface area contributed by atoms with Gasteiger partial charge in [0, 0.05) is 26.2 Å². The van der Waals surface area contributed by atoms with Crippen LogP contribution in [0.4, 0.5) is 0 Å². The van der Waals surface area contributed by atoms with E-state index in [1.807, 2.05) is 13.8 Å². The number of carbonyl (C=O) groups is 1. The fraction of sp³-hybridized carbons (Fsp3) is 0.917. The summed E-state index contributed by atoms with van der Waals surface area (Å²) < 4.78 is 9.85. The molecule has 0 radical (unpaired) electrons. The van der Waals surface area contributed by atoms with Gasteiger partial charge in [-0.25, -0.2) is 0 Å². The summed E-state index contributed by atoms with van der Waals surface area (Å²) >= 11 is 0. The van der Waals surface area contributed by atoms with Crippen LogP contribution in [0.3, 0.4) is 0 Å². The summed E-state index contributed by atoms with van der Waals surface area (Å²) in [5.74, 6) is -0.213. The van der Waals surface area contributed by atoms with Crippen LogP contribution in [0.5, 0.6) is 0 Å². The van der Waals surface area contributed by atoms with E-state index in [1.165, 1.54) is 7.11 Å². The maximum atomic E-state index is 11.6. The van der Waals surface area contributed by atoms with Crippen LogP contribution in [-0.2, 0) is 14.3 Å². The summed E-state index contributed by atoms with van der Waals surface area (Å²) in [6.45, 7) is 9.12. The number of nitrogens with zero attached hydrogens (tertiary/aromatic N) is 1. The lowest BCUT2D eigenvalue weighted by Gasteiger charge is -2.26. The molecule has 0 aliphatic heterocycles. The predicted molar refractivity (Wildman–Crippen MR) is 68.1 cm³/mol. The largest absolute Gasteiger partial charge is 0.468 e. The SMILES string of the molecule is CCN(CCOC)CC(NC(C)C)C(=O)OC. The monoisotopic (exact) mass is 246 g/mol. The van der Waals surface area contributed by atoms with Crippen molar-refractivity contribution < 1.29 is 14.3 Å². The molecule has 0 bridgehead atoms. The zero-order valence-corrected chi connectivity index (χ0v) is 11.7. The van der Waals surface area contributed by atoms with Gasteiger partial charge in [-0.2, -0.15) is 0 Å². The van der Waals surface area contributed by atoms with Crippen LogP contribution in [0.1, 0.15) is 20.8 Å². The Labute approximate surface area is 104 Å². The lowest BCUT2D eigenvalue weighted by molar-refractivity contribution is -0.143. The van der Waals surface area contributed by atoms with Crippen molar-refractivity contribution in [3.63, 3.8) is 0 Å². The minimum atomic E-state index is -0.281. The van der Waals surface area contributed by atoms with Crippen LogP contribution in [0.15, 0.2) is 0 Å². The molecule has 0 spiro atoms. The van der Waals surface area contributed by atoms with Crippen LogP contribution in [0.2, 0.25) is 0 Å². The van der Waals surface area contributed by atoms with Crippen molar-refractivity contribution in [2.45, 2.75) is 32.9 Å². The number of likely N-dealkylation sites (N-methyl/N-ethyl adjacent to an activating group) is 1. The van der Waals surface area contributed by atoms with Gasteiger partial charge < -0.3 is 14.8 Å². The Morgan fingerprint density at radius 1 is 1.35 bits per heavy atom. The average Bonchev–Trinajstić information content (AvgIpc) is 2.31. The van der Waals surface area contributed by atoms with Crippen molar-refractivity contribution in [1.29, 1.82) is 0 Å². The highest BCUT2D eigenvalue weighted by molar-refractivity contribution is 5.75. The Kier molecular flexibility index (Phi) is 9.03. The molecule has 1 unspecified atom stereocenters. The maximum absolute atomic E-state index is 11.6. The molecule has 1 atom stereocenters. The lowest BCUT2D eigenvalue weighted by atomic mass is 10.2. The van der Waals surface area contributed by atoms with Gasteiger partial charge in [-0.05, 0) is 6.54 Å². The number of ether oxygens (including phenoxy) is 2. The summed E-state index contributed by atoms with van der Waals surface area (Å²) in [6.07, 6.45) is 0. The van der Waals surface area contributed by atoms with E-state index in [0.29, 0.717) is 13.2 Å². The lowest BCUT2D eigenvalue weighted by Crippen LogP contribution is -2.49. The summed E-state index contributed by atoms with van der Waals surface area (Å²) in [7, 11) is 3.10. The van der Waals surface area contributed by atoms with Crippen LogP contribution >= 0.6 is 0 Å². The Balaban J connectivity index is 4.32. The normalized spacial score (nSPS) is 13.1. The summed E-state index contributed by atoms with van der Waals surface area (Å²) in [4.78, 5) is 13.8. The second-order valence-electron chi connectivity index (χ2n) is 4.28. The highest BCUT2D eigenvalue weighted by Gasteiger charge is 2.22. The molecule has 0 saturated heterocycles. The molecule has 5 heteroatoms. The molecule has 0 aliphatic rings. The van der Waals surface area contributed by atoms with Gasteiger partial charge in [0.15, 0.2) is 0 Å². The number of carbonyl (C=O) groups excluding carboxylic acids is 1. The molecular formula is C12H26N2O3. The molecule has 5 nitrogen and oxygen atoms in total. The van der Waals surface area contributed by atoms with Crippen molar-refractivity contribution in [1.82, 2.24) is 10.2 Å². The van der Waals surface area contributed by atoms with E-state index in [1.54, 1.807) is 7.11 Å². The first-order valence-corrected chi connectivity index (χ1v) is 6.10. The zero-order chi connectivity index (χ0) is 13.3. The van der Waals surface area contributed by atoms with Crippen molar-refractivity contribution >= 4 is 5.97 Å². The van der Waals surface area contributed by atoms with Gasteiger partial charge in [0.1, 0.15) is 6.04 Å². The van der Waals surface area contributed by atoms with E-state index >= 15 is 0 Å². The number of esters is 1. The van der Waals surface area contributed by atoms with Crippen molar-refractivity contribution in [3.8, 4) is 0 Å². The fourth-order valence-corrected chi connectivity index (χ4v) is 1.60. The Morgan fingerprint density at radius 3 is 2.41 bits per heavy atom. The molecule has 0 aromatic carbocycles. The molecule has 0 saturated carbocycles. The van der Waals surface area contributed by atoms with Gasteiger partial charge in [0.25, 0.3) is 0 Å². The zero-order valence-electron chi connectivity index (χ0n) is 11.7. The molecule has 0 amide bonds. The Morgan fingerprint density at radius 2 is 2.00 bits per heavy atom. The van der Waals surface area contributed by atoms with Gasteiger partial charge in [0.05, 0.1) is 13.7 Å². The first-order valence-electron chi connectivity index (χ1n) is 6.10. The predicted octanol–water partition coefficient (Wildman–Crippen LogP) is 0.494. The van der Waals surface area contributed by atoms with E-state index in [4.69, 9.17) is 9.47 Å². The minimum Gasteiger partial charge on any atom is -0.468 e. The van der Waals surface area contributed by atoms with E-state index in [0.717, 1.165) is 13.1 Å². The molecule has 0 aromatic rings. The number of nitrogens with one attached hydrogen (secondary N) is 1. The van der Waals surface area contributed by atoms with E-state index < -0.39 is 0 Å². The number of hydrogen-bond donors (Lipinski definition) is 1. The first kappa shape index (κ1) is 16.4. The highest BCUT2D eigenvalue weighted by Crippen LogP contribution is 1.97. The molecule has 17 heavy (non-hydrogen) atoms. The molecule has 0 aliphatic carbocycles. The molecule has 0 rings (SSSR count). The number of methoxy groups -OCH3 is 2. The molecule has 0 heterocycles. The summed E-state index contributed by atoms with van der Waals surface area (Å²) in [6, 6.07) is -0.0305. The second kappa shape index (κ2) is 9.39. The van der Waals surface area contributed by atoms with E-state index in [-0.39, 0.29) is 18.1 Å². The van der Waals surface area contributed by atoms with Crippen LogP contribution < -0.4 is 5.32 Å². The third-order valence-electron chi connectivity index (χ3n) is 2.52. The molecule has 102 valence electrons. The van der Waals surface area contributed by atoms with Crippen molar-refractivity contribution in [2.24, 2.45) is 0 Å². The van der Waals surface area contributed by atoms with Crippen LogP contribution in [0, 0.1) is 0 Å². The first-order chi connectivity index (χ1) is 8.04. The average molecular weight is 246 g/mol. The molecule has 0 fully saturated rings. The third-order valence-corrected chi connectivity index (χ3v) is 2.52. The maximum Gasteiger partial charge on any atom is 0.324 e. The Hall–Kier alpha value is -0.650. The summed E-state index contributed by atoms with van der Waals surface area (Å²) in [5, 5.41) is 3.21. The van der Waals surface area contributed by atoms with Gasteiger partial charge in [-0.3, -0.25) is 9.69 Å². The standard InChI is InChI=1S/C12H26N2O3/c1-6-14(7-8-16-4)9-11(12(15)17-5)13-10(2)3/h10-11,13H,6-9H2,1-5H3. The second-order valence-corrected chi connectivity index (χ2v) is 4.28. The van der Waals surface area contributed by atoms with Crippen LogP contribution in [0.25, 0.3) is 0 Å². The molecule has 0 aromatic heterocycles. The van der Waals surface area contributed by atoms with E-state index in [2.05, 4.69) is 17.1 Å². The highest BCUT2D eigenvalue weighted by atomic mass is 16.5. The molecular weight excluding hydrogens is 220 g/mol. The number of rotatable bonds is 9. The third kappa shape index (κ3) is 7.31. The van der Waals surface area contributed by atoms with Gasteiger partial charge >= 0.3 is 5.97 Å². The number of hydrogen-bond acceptors (Lipinski definition) is 5. The van der Waals surface area contributed by atoms with Gasteiger partial charge in [0.2, 0.25) is 0 Å². The summed E-state index contributed by atoms with van der Waals surface area (Å²) in [5.41, 5.74) is 0. The van der Waals surface area contributed by atoms with E-state index in [9.17, 15) is 4.79 Å². The topological polar surface area (TPSA) is 50.8 Å². The fourth-order valence-electron chi connectivity index (χ4n) is 1.60. The smallest absolute Gasteiger partial charge is 0.324 e.